The predicted molar refractivity (Wildman–Crippen MR) is 65.1 cm³/mol. The Morgan fingerprint density at radius 2 is 1.75 bits per heavy atom. The van der Waals surface area contributed by atoms with E-state index >= 15 is 0 Å². The number of carbonyl (C=O) groups excluding carboxylic acids is 1. The minimum Gasteiger partial charge on any atom is -0.480 e. The maximum absolute atomic E-state index is 11.7. The summed E-state index contributed by atoms with van der Waals surface area (Å²) in [4.78, 5) is 37.5. The number of carboxylic acid groups (broad SMARTS) is 2. The van der Waals surface area contributed by atoms with E-state index < -0.39 is 31.1 Å². The number of oxazole rings is 1. The zero-order chi connectivity index (χ0) is 15.3. The van der Waals surface area contributed by atoms with E-state index in [9.17, 15) is 14.4 Å². The molecule has 2 amide bonds. The van der Waals surface area contributed by atoms with Crippen molar-refractivity contribution in [2.75, 3.05) is 13.1 Å². The Morgan fingerprint density at radius 1 is 1.20 bits per heavy atom. The van der Waals surface area contributed by atoms with Crippen LogP contribution < -0.4 is 5.32 Å². The Morgan fingerprint density at radius 3 is 2.15 bits per heavy atom. The molecule has 0 saturated heterocycles. The van der Waals surface area contributed by atoms with E-state index in [1.54, 1.807) is 13.8 Å². The largest absolute Gasteiger partial charge is 0.480 e. The van der Waals surface area contributed by atoms with E-state index in [2.05, 4.69) is 10.3 Å². The van der Waals surface area contributed by atoms with Crippen LogP contribution in [0.1, 0.15) is 17.3 Å². The zero-order valence-corrected chi connectivity index (χ0v) is 11.0. The van der Waals surface area contributed by atoms with Crippen molar-refractivity contribution >= 4 is 18.0 Å². The Kier molecular flexibility index (Phi) is 5.07. The summed E-state index contributed by atoms with van der Waals surface area (Å²) < 4.78 is 5.23. The van der Waals surface area contributed by atoms with Crippen LogP contribution in [0.3, 0.4) is 0 Å². The molecule has 0 spiro atoms. The lowest BCUT2D eigenvalue weighted by Crippen LogP contribution is -2.45. The molecule has 9 nitrogen and oxygen atoms in total. The molecule has 0 aliphatic carbocycles. The summed E-state index contributed by atoms with van der Waals surface area (Å²) in [6, 6.07) is -0.816. The normalized spacial score (nSPS) is 10.1. The van der Waals surface area contributed by atoms with Gasteiger partial charge in [-0.25, -0.2) is 9.78 Å². The van der Waals surface area contributed by atoms with Crippen LogP contribution in [0, 0.1) is 13.8 Å². The monoisotopic (exact) mass is 285 g/mol. The first-order chi connectivity index (χ1) is 9.29. The van der Waals surface area contributed by atoms with Crippen molar-refractivity contribution in [2.24, 2.45) is 0 Å². The highest BCUT2D eigenvalue weighted by molar-refractivity contribution is 5.83. The van der Waals surface area contributed by atoms with Crippen molar-refractivity contribution in [3.05, 3.63) is 17.3 Å². The first-order valence-electron chi connectivity index (χ1n) is 5.69. The Bertz CT molecular complexity index is 489. The summed E-state index contributed by atoms with van der Waals surface area (Å²) in [6.07, 6.45) is 0. The summed E-state index contributed by atoms with van der Waals surface area (Å²) >= 11 is 0. The predicted octanol–water partition coefficient (Wildman–Crippen LogP) is -0.0278. The van der Waals surface area contributed by atoms with Crippen molar-refractivity contribution in [2.45, 2.75) is 20.4 Å². The number of hydrogen-bond donors (Lipinski definition) is 3. The third-order valence-electron chi connectivity index (χ3n) is 2.40. The maximum Gasteiger partial charge on any atom is 0.323 e. The SMILES string of the molecule is Cc1nc(CNC(=O)N(CC(=O)O)CC(=O)O)oc1C. The lowest BCUT2D eigenvalue weighted by Gasteiger charge is -2.18. The number of carbonyl (C=O) groups is 3. The van der Waals surface area contributed by atoms with Crippen molar-refractivity contribution in [1.29, 1.82) is 0 Å². The third-order valence-corrected chi connectivity index (χ3v) is 2.40. The second-order valence-corrected chi connectivity index (χ2v) is 4.05. The zero-order valence-electron chi connectivity index (χ0n) is 11.0. The number of aryl methyl sites for hydroxylation is 2. The standard InChI is InChI=1S/C11H15N3O6/c1-6-7(2)20-8(13-6)3-12-11(19)14(4-9(15)16)5-10(17)18/h3-5H2,1-2H3,(H,12,19)(H,15,16)(H,17,18). The Balaban J connectivity index is 2.61. The molecule has 1 aromatic heterocycles. The quantitative estimate of drug-likeness (QED) is 0.668. The van der Waals surface area contributed by atoms with Crippen molar-refractivity contribution in [3.8, 4) is 0 Å². The fourth-order valence-corrected chi connectivity index (χ4v) is 1.40. The van der Waals surface area contributed by atoms with Crippen LogP contribution in [0.4, 0.5) is 4.79 Å². The van der Waals surface area contributed by atoms with Gasteiger partial charge in [-0.1, -0.05) is 0 Å². The molecule has 0 radical (unpaired) electrons. The number of nitrogens with zero attached hydrogens (tertiary/aromatic N) is 2. The molecule has 0 aromatic carbocycles. The van der Waals surface area contributed by atoms with Crippen LogP contribution >= 0.6 is 0 Å². The number of nitrogens with one attached hydrogen (secondary N) is 1. The van der Waals surface area contributed by atoms with Gasteiger partial charge in [-0.3, -0.25) is 9.59 Å². The molecular weight excluding hydrogens is 270 g/mol. The van der Waals surface area contributed by atoms with Gasteiger partial charge in [0.1, 0.15) is 18.8 Å². The average Bonchev–Trinajstić information content (AvgIpc) is 2.64. The molecule has 0 aliphatic heterocycles. The number of amides is 2. The first kappa shape index (κ1) is 15.5. The molecule has 9 heteroatoms. The number of hydrogen-bond acceptors (Lipinski definition) is 5. The second-order valence-electron chi connectivity index (χ2n) is 4.05. The maximum atomic E-state index is 11.7. The van der Waals surface area contributed by atoms with Crippen LogP contribution in [-0.4, -0.2) is 51.2 Å². The molecular formula is C11H15N3O6. The lowest BCUT2D eigenvalue weighted by atomic mass is 10.4. The summed E-state index contributed by atoms with van der Waals surface area (Å²) in [7, 11) is 0. The number of aromatic nitrogens is 1. The van der Waals surface area contributed by atoms with Gasteiger partial charge in [0, 0.05) is 0 Å². The third kappa shape index (κ3) is 4.59. The van der Waals surface area contributed by atoms with Gasteiger partial charge in [0.2, 0.25) is 5.89 Å². The van der Waals surface area contributed by atoms with Crippen LogP contribution in [0.5, 0.6) is 0 Å². The van der Waals surface area contributed by atoms with Gasteiger partial charge in [0.05, 0.1) is 12.2 Å². The summed E-state index contributed by atoms with van der Waals surface area (Å²) in [6.45, 7) is 1.99. The smallest absolute Gasteiger partial charge is 0.323 e. The van der Waals surface area contributed by atoms with Crippen LogP contribution in [0.15, 0.2) is 4.42 Å². The summed E-state index contributed by atoms with van der Waals surface area (Å²) in [5.74, 6) is -1.73. The lowest BCUT2D eigenvalue weighted by molar-refractivity contribution is -0.140. The molecule has 1 rings (SSSR count). The van der Waals surface area contributed by atoms with E-state index in [-0.39, 0.29) is 12.4 Å². The van der Waals surface area contributed by atoms with Crippen LogP contribution in [-0.2, 0) is 16.1 Å². The van der Waals surface area contributed by atoms with Gasteiger partial charge < -0.3 is 24.8 Å². The highest BCUT2D eigenvalue weighted by Gasteiger charge is 2.20. The van der Waals surface area contributed by atoms with E-state index in [1.165, 1.54) is 0 Å². The molecule has 3 N–H and O–H groups in total. The van der Waals surface area contributed by atoms with E-state index in [1.807, 2.05) is 0 Å². The minimum atomic E-state index is -1.30. The van der Waals surface area contributed by atoms with Gasteiger partial charge in [-0.05, 0) is 13.8 Å². The molecule has 20 heavy (non-hydrogen) atoms. The average molecular weight is 285 g/mol. The fourth-order valence-electron chi connectivity index (χ4n) is 1.40. The molecule has 1 heterocycles. The van der Waals surface area contributed by atoms with E-state index in [0.717, 1.165) is 0 Å². The number of aliphatic carboxylic acids is 2. The Hall–Kier alpha value is -2.58. The van der Waals surface area contributed by atoms with E-state index in [0.29, 0.717) is 16.4 Å². The highest BCUT2D eigenvalue weighted by Crippen LogP contribution is 2.07. The fraction of sp³-hybridized carbons (Fsp3) is 0.455. The molecule has 110 valence electrons. The topological polar surface area (TPSA) is 133 Å². The van der Waals surface area contributed by atoms with Crippen molar-refractivity contribution < 1.29 is 29.0 Å². The highest BCUT2D eigenvalue weighted by atomic mass is 16.4. The molecule has 1 aromatic rings. The van der Waals surface area contributed by atoms with Gasteiger partial charge in [0.25, 0.3) is 0 Å². The summed E-state index contributed by atoms with van der Waals surface area (Å²) in [5.41, 5.74) is 0.683. The molecule has 0 fully saturated rings. The van der Waals surface area contributed by atoms with Crippen LogP contribution in [0.2, 0.25) is 0 Å². The van der Waals surface area contributed by atoms with E-state index in [4.69, 9.17) is 14.6 Å². The van der Waals surface area contributed by atoms with Gasteiger partial charge >= 0.3 is 18.0 Å². The molecule has 0 bridgehead atoms. The van der Waals surface area contributed by atoms with Crippen molar-refractivity contribution in [1.82, 2.24) is 15.2 Å². The van der Waals surface area contributed by atoms with Gasteiger partial charge in [-0.15, -0.1) is 0 Å². The molecule has 0 unspecified atom stereocenters. The number of urea groups is 1. The minimum absolute atomic E-state index is 0.0523. The molecule has 0 saturated carbocycles. The summed E-state index contributed by atoms with van der Waals surface area (Å²) in [5, 5.41) is 19.6. The number of rotatable bonds is 6. The van der Waals surface area contributed by atoms with Crippen molar-refractivity contribution in [3.63, 3.8) is 0 Å². The molecule has 0 atom stereocenters. The molecule has 0 aliphatic rings. The first-order valence-corrected chi connectivity index (χ1v) is 5.69. The van der Waals surface area contributed by atoms with Gasteiger partial charge in [-0.2, -0.15) is 0 Å². The Labute approximate surface area is 114 Å². The van der Waals surface area contributed by atoms with Crippen LogP contribution in [0.25, 0.3) is 0 Å². The second kappa shape index (κ2) is 6.55. The van der Waals surface area contributed by atoms with Gasteiger partial charge in [0.15, 0.2) is 0 Å². The number of carboxylic acids is 2.